The average molecular weight is 497 g/mol. The minimum absolute atomic E-state index is 0.0257. The fourth-order valence-corrected chi connectivity index (χ4v) is 5.03. The van der Waals surface area contributed by atoms with E-state index < -0.39 is 17.6 Å². The van der Waals surface area contributed by atoms with E-state index in [1.54, 1.807) is 0 Å². The number of hydrogen-bond acceptors (Lipinski definition) is 6. The highest BCUT2D eigenvalue weighted by Crippen LogP contribution is 2.74. The predicted molar refractivity (Wildman–Crippen MR) is 110 cm³/mol. The number of Topliss-reactive ketones (excluding diaryl/α,β-unsaturated/α-hetero) is 1. The summed E-state index contributed by atoms with van der Waals surface area (Å²) in [5.74, 6) is -0.225. The van der Waals surface area contributed by atoms with E-state index in [-0.39, 0.29) is 45.8 Å². The smallest absolute Gasteiger partial charge is 0.420 e. The Kier molecular flexibility index (Phi) is 5.31. The molecule has 0 atom stereocenters. The lowest BCUT2D eigenvalue weighted by molar-refractivity contribution is -0.168. The minimum atomic E-state index is -4.49. The molecule has 178 valence electrons. The van der Waals surface area contributed by atoms with Crippen molar-refractivity contribution >= 4 is 17.4 Å². The van der Waals surface area contributed by atoms with E-state index in [9.17, 15) is 22.4 Å². The van der Waals surface area contributed by atoms with Gasteiger partial charge < -0.3 is 13.9 Å². The van der Waals surface area contributed by atoms with E-state index in [0.29, 0.717) is 31.6 Å². The number of aromatic nitrogens is 2. The number of alkyl halides is 3. The summed E-state index contributed by atoms with van der Waals surface area (Å²) in [5.41, 5.74) is -1.36. The highest BCUT2D eigenvalue weighted by molar-refractivity contribution is 6.30. The summed E-state index contributed by atoms with van der Waals surface area (Å²) >= 11 is 5.63. The molecular formula is C23H17ClF4N2O4. The molecule has 0 N–H and O–H groups in total. The van der Waals surface area contributed by atoms with E-state index in [0.717, 1.165) is 18.2 Å². The van der Waals surface area contributed by atoms with Gasteiger partial charge in [-0.1, -0.05) is 22.8 Å². The Balaban J connectivity index is 1.14. The number of carbonyl (C=O) groups excluding carboxylic acids is 1. The fourth-order valence-electron chi connectivity index (χ4n) is 4.91. The Labute approximate surface area is 195 Å². The molecule has 0 amide bonds. The molecule has 11 heteroatoms. The molecular weight excluding hydrogens is 480 g/mol. The van der Waals surface area contributed by atoms with Gasteiger partial charge in [0.05, 0.1) is 16.0 Å². The molecule has 3 aliphatic rings. The van der Waals surface area contributed by atoms with Crippen LogP contribution in [0.5, 0.6) is 17.6 Å². The zero-order valence-corrected chi connectivity index (χ0v) is 18.3. The lowest BCUT2D eigenvalue weighted by Crippen LogP contribution is -2.65. The Hall–Kier alpha value is -3.14. The molecule has 0 unspecified atom stereocenters. The van der Waals surface area contributed by atoms with Gasteiger partial charge in [-0.3, -0.25) is 4.79 Å². The second kappa shape index (κ2) is 7.97. The van der Waals surface area contributed by atoms with Gasteiger partial charge in [0.1, 0.15) is 23.9 Å². The second-order valence-electron chi connectivity index (χ2n) is 8.89. The quantitative estimate of drug-likeness (QED) is 0.349. The lowest BCUT2D eigenvalue weighted by atomic mass is 9.34. The van der Waals surface area contributed by atoms with Crippen LogP contribution in [-0.2, 0) is 16.4 Å². The van der Waals surface area contributed by atoms with Gasteiger partial charge in [0.2, 0.25) is 5.89 Å². The van der Waals surface area contributed by atoms with E-state index >= 15 is 0 Å². The van der Waals surface area contributed by atoms with Gasteiger partial charge in [-0.15, -0.1) is 5.10 Å². The molecule has 0 aliphatic heterocycles. The van der Waals surface area contributed by atoms with Gasteiger partial charge in [-0.05, 0) is 55.0 Å². The summed E-state index contributed by atoms with van der Waals surface area (Å²) in [5, 5.41) is 7.76. The predicted octanol–water partition coefficient (Wildman–Crippen LogP) is 6.13. The second-order valence-corrected chi connectivity index (χ2v) is 9.30. The highest BCUT2D eigenvalue weighted by atomic mass is 35.5. The number of halogens is 5. The Bertz CT molecular complexity index is 1240. The summed E-state index contributed by atoms with van der Waals surface area (Å²) in [4.78, 5) is 12.4. The van der Waals surface area contributed by atoms with E-state index in [1.165, 1.54) is 24.3 Å². The summed E-state index contributed by atoms with van der Waals surface area (Å²) in [6.45, 7) is -0.175. The third kappa shape index (κ3) is 4.22. The Morgan fingerprint density at radius 3 is 2.56 bits per heavy atom. The zero-order valence-electron chi connectivity index (χ0n) is 17.5. The number of ether oxygens (including phenoxy) is 2. The maximum absolute atomic E-state index is 13.5. The van der Waals surface area contributed by atoms with Crippen LogP contribution in [0.1, 0.15) is 37.1 Å². The molecule has 3 aliphatic carbocycles. The summed E-state index contributed by atoms with van der Waals surface area (Å²) in [7, 11) is 0. The van der Waals surface area contributed by atoms with Gasteiger partial charge in [-0.2, -0.15) is 13.2 Å². The van der Waals surface area contributed by atoms with Crippen LogP contribution in [0.3, 0.4) is 0 Å². The van der Waals surface area contributed by atoms with Gasteiger partial charge in [0.15, 0.2) is 5.78 Å². The minimum Gasteiger partial charge on any atom is -0.486 e. The third-order valence-corrected chi connectivity index (χ3v) is 6.54. The van der Waals surface area contributed by atoms with Gasteiger partial charge in [0, 0.05) is 12.5 Å². The molecule has 3 aromatic rings. The van der Waals surface area contributed by atoms with Crippen molar-refractivity contribution in [2.75, 3.05) is 6.61 Å². The number of rotatable bonds is 8. The van der Waals surface area contributed by atoms with Crippen LogP contribution in [0, 0.1) is 11.2 Å². The van der Waals surface area contributed by atoms with Crippen LogP contribution < -0.4 is 9.47 Å². The molecule has 2 bridgehead atoms. The Morgan fingerprint density at radius 1 is 1.09 bits per heavy atom. The molecule has 3 saturated carbocycles. The first-order chi connectivity index (χ1) is 16.1. The van der Waals surface area contributed by atoms with Crippen LogP contribution in [0.2, 0.25) is 5.02 Å². The van der Waals surface area contributed by atoms with E-state index in [1.807, 2.05) is 0 Å². The number of benzene rings is 2. The molecule has 34 heavy (non-hydrogen) atoms. The van der Waals surface area contributed by atoms with E-state index in [2.05, 4.69) is 10.2 Å². The molecule has 6 rings (SSSR count). The monoisotopic (exact) mass is 496 g/mol. The molecule has 0 spiro atoms. The summed E-state index contributed by atoms with van der Waals surface area (Å²) in [6.07, 6.45) is -2.40. The first-order valence-electron chi connectivity index (χ1n) is 10.3. The van der Waals surface area contributed by atoms with Crippen LogP contribution in [0.15, 0.2) is 46.9 Å². The summed E-state index contributed by atoms with van der Waals surface area (Å²) in [6, 6.07) is 8.35. The van der Waals surface area contributed by atoms with Crippen LogP contribution in [0.4, 0.5) is 17.6 Å². The van der Waals surface area contributed by atoms with Crippen molar-refractivity contribution in [3.63, 3.8) is 0 Å². The third-order valence-electron chi connectivity index (χ3n) is 6.23. The molecule has 1 heterocycles. The first kappa shape index (κ1) is 22.6. The topological polar surface area (TPSA) is 74.5 Å². The largest absolute Gasteiger partial charge is 0.486 e. The van der Waals surface area contributed by atoms with Crippen LogP contribution in [-0.4, -0.2) is 22.6 Å². The SMILES string of the molecule is O=C(COc1ccc(Cl)c(F)c1)CC12CC(c3nnc(Oc4cccc(C(F)(F)F)c4)o3)(C1)C2. The maximum Gasteiger partial charge on any atom is 0.420 e. The van der Waals surface area contributed by atoms with Crippen molar-refractivity contribution in [3.8, 4) is 17.6 Å². The number of carbonyl (C=O) groups is 1. The van der Waals surface area contributed by atoms with Gasteiger partial charge >= 0.3 is 12.3 Å². The molecule has 2 aromatic carbocycles. The Morgan fingerprint density at radius 2 is 1.85 bits per heavy atom. The summed E-state index contributed by atoms with van der Waals surface area (Å²) < 4.78 is 68.3. The maximum atomic E-state index is 13.5. The standard InChI is InChI=1S/C23H17ClF4N2O4/c24-17-5-4-15(7-18(17)25)32-9-14(31)8-21-10-22(11-21,12-21)19-29-30-20(34-19)33-16-3-1-2-13(6-16)23(26,27)28/h1-7H,8-12H2. The van der Waals surface area contributed by atoms with E-state index in [4.69, 9.17) is 25.5 Å². The molecule has 6 nitrogen and oxygen atoms in total. The van der Waals surface area contributed by atoms with Crippen molar-refractivity contribution in [1.29, 1.82) is 0 Å². The molecule has 0 radical (unpaired) electrons. The fraction of sp³-hybridized carbons (Fsp3) is 0.348. The normalized spacial score (nSPS) is 23.1. The van der Waals surface area contributed by atoms with Crippen molar-refractivity contribution in [1.82, 2.24) is 10.2 Å². The lowest BCUT2D eigenvalue weighted by Gasteiger charge is -2.68. The number of ketones is 1. The average Bonchev–Trinajstić information content (AvgIpc) is 3.18. The van der Waals surface area contributed by atoms with Crippen molar-refractivity contribution in [3.05, 3.63) is 64.8 Å². The molecule has 1 aromatic heterocycles. The van der Waals surface area contributed by atoms with Gasteiger partial charge in [-0.25, -0.2) is 4.39 Å². The van der Waals surface area contributed by atoms with Crippen molar-refractivity contribution in [2.45, 2.75) is 37.3 Å². The zero-order chi connectivity index (χ0) is 24.1. The van der Waals surface area contributed by atoms with Crippen LogP contribution >= 0.6 is 11.6 Å². The first-order valence-corrected chi connectivity index (χ1v) is 10.7. The molecule has 3 fully saturated rings. The molecule has 0 saturated heterocycles. The van der Waals surface area contributed by atoms with Crippen molar-refractivity contribution in [2.24, 2.45) is 5.41 Å². The van der Waals surface area contributed by atoms with Crippen molar-refractivity contribution < 1.29 is 36.2 Å². The highest BCUT2D eigenvalue weighted by Gasteiger charge is 2.71. The van der Waals surface area contributed by atoms with Crippen LogP contribution in [0.25, 0.3) is 0 Å². The number of hydrogen-bond donors (Lipinski definition) is 0. The number of nitrogens with zero attached hydrogens (tertiary/aromatic N) is 2. The van der Waals surface area contributed by atoms with Gasteiger partial charge in [0.25, 0.3) is 0 Å².